The van der Waals surface area contributed by atoms with Crippen LogP contribution in [0.5, 0.6) is 0 Å². The summed E-state index contributed by atoms with van der Waals surface area (Å²) in [6.07, 6.45) is 4.87. The summed E-state index contributed by atoms with van der Waals surface area (Å²) in [6.45, 7) is 2.82. The van der Waals surface area contributed by atoms with Crippen LogP contribution < -0.4 is 5.32 Å². The number of amides is 1. The van der Waals surface area contributed by atoms with Crippen LogP contribution in [0, 0.1) is 0 Å². The number of aliphatic carboxylic acids is 1. The molecule has 0 aliphatic carbocycles. The van der Waals surface area contributed by atoms with Crippen LogP contribution in [0.3, 0.4) is 0 Å². The Morgan fingerprint density at radius 2 is 2.21 bits per heavy atom. The van der Waals surface area contributed by atoms with Gasteiger partial charge in [-0.25, -0.2) is 4.68 Å². The van der Waals surface area contributed by atoms with Gasteiger partial charge in [0.2, 0.25) is 5.91 Å². The highest BCUT2D eigenvalue weighted by Gasteiger charge is 2.05. The lowest BCUT2D eigenvalue weighted by Gasteiger charge is -2.02. The van der Waals surface area contributed by atoms with Gasteiger partial charge >= 0.3 is 5.97 Å². The minimum Gasteiger partial charge on any atom is -0.481 e. The smallest absolute Gasteiger partial charge is 0.303 e. The molecule has 0 saturated heterocycles. The fraction of sp³-hybridized carbons (Fsp3) is 0.667. The van der Waals surface area contributed by atoms with Gasteiger partial charge in [-0.3, -0.25) is 9.59 Å². The van der Waals surface area contributed by atoms with Gasteiger partial charge in [0.1, 0.15) is 6.54 Å². The van der Waals surface area contributed by atoms with Gasteiger partial charge in [-0.1, -0.05) is 12.1 Å². The molecule has 0 aromatic carbocycles. The number of nitrogens with one attached hydrogen (secondary N) is 1. The van der Waals surface area contributed by atoms with Crippen molar-refractivity contribution in [3.05, 3.63) is 11.9 Å². The highest BCUT2D eigenvalue weighted by Crippen LogP contribution is 2.03. The number of rotatable bonds is 9. The van der Waals surface area contributed by atoms with Gasteiger partial charge in [0, 0.05) is 19.2 Å². The number of nitrogens with zero attached hydrogens (tertiary/aromatic N) is 3. The molecule has 1 rings (SSSR count). The zero-order chi connectivity index (χ0) is 14.1. The average Bonchev–Trinajstić information content (AvgIpc) is 2.79. The summed E-state index contributed by atoms with van der Waals surface area (Å²) in [6, 6.07) is 0. The maximum atomic E-state index is 11.5. The van der Waals surface area contributed by atoms with Crippen molar-refractivity contribution < 1.29 is 14.7 Å². The Hall–Kier alpha value is -1.92. The molecule has 2 N–H and O–H groups in total. The van der Waals surface area contributed by atoms with E-state index in [9.17, 15) is 9.59 Å². The van der Waals surface area contributed by atoms with Gasteiger partial charge in [-0.05, 0) is 25.7 Å². The predicted octanol–water partition coefficient (Wildman–Crippen LogP) is 0.602. The van der Waals surface area contributed by atoms with Crippen molar-refractivity contribution in [3.63, 3.8) is 0 Å². The largest absolute Gasteiger partial charge is 0.481 e. The number of carboxylic acids is 1. The maximum Gasteiger partial charge on any atom is 0.303 e. The van der Waals surface area contributed by atoms with Crippen LogP contribution in [0.1, 0.15) is 38.3 Å². The van der Waals surface area contributed by atoms with Crippen LogP contribution in [0.15, 0.2) is 6.20 Å². The van der Waals surface area contributed by atoms with E-state index in [0.29, 0.717) is 19.4 Å². The molecule has 7 nitrogen and oxygen atoms in total. The van der Waals surface area contributed by atoms with E-state index in [1.807, 2.05) is 6.92 Å². The van der Waals surface area contributed by atoms with Gasteiger partial charge in [0.05, 0.1) is 5.69 Å². The summed E-state index contributed by atoms with van der Waals surface area (Å²) in [4.78, 5) is 21.8. The number of unbranched alkanes of at least 4 members (excludes halogenated alkanes) is 1. The molecule has 19 heavy (non-hydrogen) atoms. The first-order valence-corrected chi connectivity index (χ1v) is 6.49. The maximum absolute atomic E-state index is 11.5. The van der Waals surface area contributed by atoms with Gasteiger partial charge in [0.25, 0.3) is 0 Å². The molecule has 0 atom stereocenters. The topological polar surface area (TPSA) is 97.1 Å². The Morgan fingerprint density at radius 1 is 1.42 bits per heavy atom. The third-order valence-corrected chi connectivity index (χ3v) is 2.54. The van der Waals surface area contributed by atoms with Gasteiger partial charge < -0.3 is 10.4 Å². The van der Waals surface area contributed by atoms with E-state index in [4.69, 9.17) is 5.11 Å². The van der Waals surface area contributed by atoms with Crippen molar-refractivity contribution in [2.45, 2.75) is 45.6 Å². The summed E-state index contributed by atoms with van der Waals surface area (Å²) in [5, 5.41) is 19.1. The van der Waals surface area contributed by atoms with Gasteiger partial charge in [-0.15, -0.1) is 5.10 Å². The van der Waals surface area contributed by atoms with Crippen LogP contribution in [0.25, 0.3) is 0 Å². The molecule has 0 fully saturated rings. The predicted molar refractivity (Wildman–Crippen MR) is 68.5 cm³/mol. The SMILES string of the molecule is CCCNC(=O)Cn1cc(CCCCC(=O)O)nn1. The van der Waals surface area contributed by atoms with E-state index in [-0.39, 0.29) is 18.9 Å². The lowest BCUT2D eigenvalue weighted by atomic mass is 10.1. The van der Waals surface area contributed by atoms with Crippen LogP contribution in [-0.4, -0.2) is 38.5 Å². The highest BCUT2D eigenvalue weighted by molar-refractivity contribution is 5.75. The zero-order valence-corrected chi connectivity index (χ0v) is 11.1. The average molecular weight is 268 g/mol. The number of hydrogen-bond acceptors (Lipinski definition) is 4. The Kier molecular flexibility index (Phi) is 6.56. The van der Waals surface area contributed by atoms with Gasteiger partial charge in [-0.2, -0.15) is 0 Å². The lowest BCUT2D eigenvalue weighted by molar-refractivity contribution is -0.137. The van der Waals surface area contributed by atoms with Crippen molar-refractivity contribution in [1.82, 2.24) is 20.3 Å². The number of carbonyl (C=O) groups excluding carboxylic acids is 1. The molecular formula is C12H20N4O3. The Bertz CT molecular complexity index is 417. The molecule has 1 heterocycles. The summed E-state index contributed by atoms with van der Waals surface area (Å²) in [7, 11) is 0. The molecule has 0 aliphatic rings. The first-order chi connectivity index (χ1) is 9.11. The Morgan fingerprint density at radius 3 is 2.89 bits per heavy atom. The highest BCUT2D eigenvalue weighted by atomic mass is 16.4. The van der Waals surface area contributed by atoms with E-state index >= 15 is 0 Å². The van der Waals surface area contributed by atoms with E-state index in [1.165, 1.54) is 4.68 Å². The quantitative estimate of drug-likeness (QED) is 0.639. The molecule has 0 spiro atoms. The van der Waals surface area contributed by atoms with E-state index in [1.54, 1.807) is 6.20 Å². The molecule has 0 radical (unpaired) electrons. The summed E-state index contributed by atoms with van der Waals surface area (Å²) >= 11 is 0. The second-order valence-electron chi connectivity index (χ2n) is 4.36. The molecule has 0 bridgehead atoms. The summed E-state index contributed by atoms with van der Waals surface area (Å²) < 4.78 is 1.50. The second kappa shape index (κ2) is 8.23. The van der Waals surface area contributed by atoms with Crippen LogP contribution in [-0.2, 0) is 22.6 Å². The van der Waals surface area contributed by atoms with E-state index < -0.39 is 5.97 Å². The summed E-state index contributed by atoms with van der Waals surface area (Å²) in [5.74, 6) is -0.861. The van der Waals surface area contributed by atoms with Crippen molar-refractivity contribution in [3.8, 4) is 0 Å². The van der Waals surface area contributed by atoms with Crippen LogP contribution in [0.2, 0.25) is 0 Å². The van der Waals surface area contributed by atoms with E-state index in [2.05, 4.69) is 15.6 Å². The van der Waals surface area contributed by atoms with Crippen molar-refractivity contribution in [2.75, 3.05) is 6.54 Å². The fourth-order valence-electron chi connectivity index (χ4n) is 1.58. The number of hydrogen-bond donors (Lipinski definition) is 2. The standard InChI is InChI=1S/C12H20N4O3/c1-2-7-13-11(17)9-16-8-10(14-15-16)5-3-4-6-12(18)19/h8H,2-7,9H2,1H3,(H,13,17)(H,18,19). The molecule has 0 aliphatic heterocycles. The Labute approximate surface area is 112 Å². The van der Waals surface area contributed by atoms with Crippen molar-refractivity contribution >= 4 is 11.9 Å². The first-order valence-electron chi connectivity index (χ1n) is 6.49. The molecular weight excluding hydrogens is 248 g/mol. The number of carbonyl (C=O) groups is 2. The molecule has 1 aromatic rings. The minimum absolute atomic E-state index is 0.0795. The summed E-state index contributed by atoms with van der Waals surface area (Å²) in [5.41, 5.74) is 0.786. The number of aromatic nitrogens is 3. The molecule has 1 amide bonds. The fourth-order valence-corrected chi connectivity index (χ4v) is 1.58. The third kappa shape index (κ3) is 6.54. The van der Waals surface area contributed by atoms with Crippen molar-refractivity contribution in [1.29, 1.82) is 0 Å². The normalized spacial score (nSPS) is 10.4. The van der Waals surface area contributed by atoms with Crippen LogP contribution in [0.4, 0.5) is 0 Å². The third-order valence-electron chi connectivity index (χ3n) is 2.54. The number of carboxylic acid groups (broad SMARTS) is 1. The molecule has 0 unspecified atom stereocenters. The zero-order valence-electron chi connectivity index (χ0n) is 11.1. The van der Waals surface area contributed by atoms with Gasteiger partial charge in [0.15, 0.2) is 0 Å². The van der Waals surface area contributed by atoms with Crippen LogP contribution >= 0.6 is 0 Å². The number of aryl methyl sites for hydroxylation is 1. The molecule has 106 valence electrons. The molecule has 1 aromatic heterocycles. The molecule has 7 heteroatoms. The molecule has 0 saturated carbocycles. The first kappa shape index (κ1) is 15.1. The second-order valence-corrected chi connectivity index (χ2v) is 4.36. The van der Waals surface area contributed by atoms with Crippen molar-refractivity contribution in [2.24, 2.45) is 0 Å². The monoisotopic (exact) mass is 268 g/mol. The minimum atomic E-state index is -0.781. The van der Waals surface area contributed by atoms with E-state index in [0.717, 1.165) is 18.5 Å². The lowest BCUT2D eigenvalue weighted by Crippen LogP contribution is -2.28. The Balaban J connectivity index is 2.27.